The van der Waals surface area contributed by atoms with Crippen molar-refractivity contribution in [1.82, 2.24) is 15.5 Å². The zero-order valence-corrected chi connectivity index (χ0v) is 12.5. The molecule has 0 spiro atoms. The third-order valence-corrected chi connectivity index (χ3v) is 5.41. The van der Waals surface area contributed by atoms with Crippen LogP contribution in [0.4, 0.5) is 0 Å². The highest BCUT2D eigenvalue weighted by Gasteiger charge is 2.35. The van der Waals surface area contributed by atoms with Gasteiger partial charge in [-0.3, -0.25) is 4.90 Å². The van der Waals surface area contributed by atoms with Crippen LogP contribution < -0.4 is 10.6 Å². The predicted molar refractivity (Wildman–Crippen MR) is 80.5 cm³/mol. The molecule has 2 N–H and O–H groups in total. The first kappa shape index (κ1) is 13.8. The number of rotatable bonds is 4. The van der Waals surface area contributed by atoms with Crippen LogP contribution in [0, 0.1) is 0 Å². The molecule has 3 heteroatoms. The van der Waals surface area contributed by atoms with Gasteiger partial charge in [0.1, 0.15) is 0 Å². The Labute approximate surface area is 118 Å². The first-order valence-electron chi connectivity index (χ1n) is 8.56. The lowest BCUT2D eigenvalue weighted by molar-refractivity contribution is 0.175. The van der Waals surface area contributed by atoms with Gasteiger partial charge in [0.15, 0.2) is 0 Å². The van der Waals surface area contributed by atoms with Crippen LogP contribution >= 0.6 is 0 Å². The molecule has 0 aliphatic carbocycles. The summed E-state index contributed by atoms with van der Waals surface area (Å²) in [5, 5.41) is 7.62. The summed E-state index contributed by atoms with van der Waals surface area (Å²) < 4.78 is 0. The molecule has 4 atom stereocenters. The molecule has 3 aliphatic heterocycles. The van der Waals surface area contributed by atoms with E-state index in [-0.39, 0.29) is 0 Å². The third-order valence-electron chi connectivity index (χ3n) is 5.41. The molecule has 3 saturated heterocycles. The Morgan fingerprint density at radius 1 is 1.11 bits per heavy atom. The zero-order chi connectivity index (χ0) is 13.1. The molecule has 0 aromatic heterocycles. The first-order chi connectivity index (χ1) is 9.33. The van der Waals surface area contributed by atoms with Crippen LogP contribution in [0.2, 0.25) is 0 Å². The standard InChI is InChI=1S/C16H31N3/c1-13(12-14-6-2-4-9-17-14)18-15-8-11-19-10-5-3-7-16(15)19/h13-18H,2-12H2,1H3. The summed E-state index contributed by atoms with van der Waals surface area (Å²) in [5.41, 5.74) is 0. The molecule has 4 unspecified atom stereocenters. The van der Waals surface area contributed by atoms with E-state index in [9.17, 15) is 0 Å². The monoisotopic (exact) mass is 265 g/mol. The Morgan fingerprint density at radius 2 is 2.00 bits per heavy atom. The summed E-state index contributed by atoms with van der Waals surface area (Å²) >= 11 is 0. The van der Waals surface area contributed by atoms with Gasteiger partial charge < -0.3 is 10.6 Å². The van der Waals surface area contributed by atoms with Crippen molar-refractivity contribution in [2.75, 3.05) is 19.6 Å². The average Bonchev–Trinajstić information content (AvgIpc) is 2.83. The van der Waals surface area contributed by atoms with Gasteiger partial charge in [0, 0.05) is 30.7 Å². The molecule has 0 saturated carbocycles. The van der Waals surface area contributed by atoms with Crippen molar-refractivity contribution in [3.63, 3.8) is 0 Å². The second-order valence-electron chi connectivity index (χ2n) is 6.94. The number of nitrogens with zero attached hydrogens (tertiary/aromatic N) is 1. The second kappa shape index (κ2) is 6.55. The van der Waals surface area contributed by atoms with E-state index < -0.39 is 0 Å². The van der Waals surface area contributed by atoms with E-state index in [0.717, 1.165) is 18.1 Å². The lowest BCUT2D eigenvalue weighted by atomic mass is 9.96. The van der Waals surface area contributed by atoms with Gasteiger partial charge in [0.05, 0.1) is 0 Å². The van der Waals surface area contributed by atoms with Gasteiger partial charge in [0.2, 0.25) is 0 Å². The molecule has 0 aromatic carbocycles. The van der Waals surface area contributed by atoms with Gasteiger partial charge in [-0.1, -0.05) is 12.8 Å². The molecule has 3 heterocycles. The summed E-state index contributed by atoms with van der Waals surface area (Å²) in [5.74, 6) is 0. The summed E-state index contributed by atoms with van der Waals surface area (Å²) in [6.07, 6.45) is 11.1. The largest absolute Gasteiger partial charge is 0.314 e. The molecule has 3 nitrogen and oxygen atoms in total. The van der Waals surface area contributed by atoms with E-state index in [1.807, 2.05) is 0 Å². The number of piperidine rings is 2. The second-order valence-corrected chi connectivity index (χ2v) is 6.94. The normalized spacial score (nSPS) is 38.1. The van der Waals surface area contributed by atoms with Crippen molar-refractivity contribution in [1.29, 1.82) is 0 Å². The maximum atomic E-state index is 3.94. The van der Waals surface area contributed by atoms with Gasteiger partial charge in [-0.25, -0.2) is 0 Å². The highest BCUT2D eigenvalue weighted by atomic mass is 15.2. The summed E-state index contributed by atoms with van der Waals surface area (Å²) in [6, 6.07) is 3.04. The number of hydrogen-bond acceptors (Lipinski definition) is 3. The van der Waals surface area contributed by atoms with E-state index in [2.05, 4.69) is 22.5 Å². The lowest BCUT2D eigenvalue weighted by Crippen LogP contribution is -2.49. The van der Waals surface area contributed by atoms with E-state index in [0.29, 0.717) is 6.04 Å². The van der Waals surface area contributed by atoms with Crippen LogP contribution in [0.15, 0.2) is 0 Å². The van der Waals surface area contributed by atoms with Crippen molar-refractivity contribution in [3.05, 3.63) is 0 Å². The third kappa shape index (κ3) is 3.50. The minimum absolute atomic E-state index is 0.669. The van der Waals surface area contributed by atoms with E-state index in [4.69, 9.17) is 0 Å². The molecule has 3 rings (SSSR count). The van der Waals surface area contributed by atoms with Crippen LogP contribution in [0.1, 0.15) is 58.3 Å². The minimum atomic E-state index is 0.669. The van der Waals surface area contributed by atoms with Crippen LogP contribution in [0.25, 0.3) is 0 Å². The maximum Gasteiger partial charge on any atom is 0.0249 e. The molecule has 0 amide bonds. The highest BCUT2D eigenvalue weighted by molar-refractivity contribution is 4.95. The molecule has 0 radical (unpaired) electrons. The van der Waals surface area contributed by atoms with Gasteiger partial charge >= 0.3 is 0 Å². The van der Waals surface area contributed by atoms with Crippen molar-refractivity contribution < 1.29 is 0 Å². The first-order valence-corrected chi connectivity index (χ1v) is 8.56. The van der Waals surface area contributed by atoms with E-state index >= 15 is 0 Å². The Kier molecular flexibility index (Phi) is 4.78. The highest BCUT2D eigenvalue weighted by Crippen LogP contribution is 2.27. The zero-order valence-electron chi connectivity index (χ0n) is 12.5. The van der Waals surface area contributed by atoms with Crippen molar-refractivity contribution in [3.8, 4) is 0 Å². The summed E-state index contributed by atoms with van der Waals surface area (Å²) in [4.78, 5) is 2.73. The van der Waals surface area contributed by atoms with Gasteiger partial charge in [0.25, 0.3) is 0 Å². The molecule has 3 fully saturated rings. The maximum absolute atomic E-state index is 3.94. The van der Waals surface area contributed by atoms with Crippen molar-refractivity contribution in [2.45, 2.75) is 82.5 Å². The van der Waals surface area contributed by atoms with Crippen LogP contribution in [-0.4, -0.2) is 48.7 Å². The molecule has 19 heavy (non-hydrogen) atoms. The SMILES string of the molecule is CC(CC1CCCCN1)NC1CCN2CCCCC12. The topological polar surface area (TPSA) is 27.3 Å². The number of fused-ring (bicyclic) bond motifs is 1. The van der Waals surface area contributed by atoms with Gasteiger partial charge in [-0.05, 0) is 58.5 Å². The Hall–Kier alpha value is -0.120. The quantitative estimate of drug-likeness (QED) is 0.815. The van der Waals surface area contributed by atoms with E-state index in [1.165, 1.54) is 71.0 Å². The minimum Gasteiger partial charge on any atom is -0.314 e. The Morgan fingerprint density at radius 3 is 2.84 bits per heavy atom. The van der Waals surface area contributed by atoms with Crippen LogP contribution in [0.3, 0.4) is 0 Å². The fourth-order valence-corrected chi connectivity index (χ4v) is 4.43. The average molecular weight is 265 g/mol. The smallest absolute Gasteiger partial charge is 0.0249 e. The van der Waals surface area contributed by atoms with Crippen molar-refractivity contribution in [2.24, 2.45) is 0 Å². The number of hydrogen-bond donors (Lipinski definition) is 2. The van der Waals surface area contributed by atoms with Gasteiger partial charge in [-0.15, -0.1) is 0 Å². The Bertz CT molecular complexity index is 275. The summed E-state index contributed by atoms with van der Waals surface area (Å²) in [7, 11) is 0. The van der Waals surface area contributed by atoms with Crippen molar-refractivity contribution >= 4 is 0 Å². The van der Waals surface area contributed by atoms with Crippen LogP contribution in [-0.2, 0) is 0 Å². The molecule has 0 aromatic rings. The molecular formula is C16H31N3. The fourth-order valence-electron chi connectivity index (χ4n) is 4.43. The molecule has 0 bridgehead atoms. The predicted octanol–water partition coefficient (Wildman–Crippen LogP) is 2.12. The molecular weight excluding hydrogens is 234 g/mol. The number of nitrogens with one attached hydrogen (secondary N) is 2. The molecule has 3 aliphatic rings. The Balaban J connectivity index is 1.45. The van der Waals surface area contributed by atoms with E-state index in [1.54, 1.807) is 0 Å². The summed E-state index contributed by atoms with van der Waals surface area (Å²) in [6.45, 7) is 6.30. The van der Waals surface area contributed by atoms with Crippen LogP contribution in [0.5, 0.6) is 0 Å². The van der Waals surface area contributed by atoms with Gasteiger partial charge in [-0.2, -0.15) is 0 Å². The lowest BCUT2D eigenvalue weighted by Gasteiger charge is -2.34. The molecule has 110 valence electrons. The fraction of sp³-hybridized carbons (Fsp3) is 1.00.